The van der Waals surface area contributed by atoms with E-state index < -0.39 is 15.8 Å². The van der Waals surface area contributed by atoms with Crippen LogP contribution in [0.15, 0.2) is 23.1 Å². The fraction of sp³-hybridized carbons (Fsp3) is 0.385. The molecule has 7 heteroatoms. The van der Waals surface area contributed by atoms with Crippen LogP contribution in [0.1, 0.15) is 25.1 Å². The van der Waals surface area contributed by atoms with Gasteiger partial charge in [0.1, 0.15) is 11.3 Å². The third-order valence-corrected chi connectivity index (χ3v) is 4.11. The normalized spacial score (nSPS) is 11.8. The third kappa shape index (κ3) is 3.36. The maximum Gasteiger partial charge on any atom is 0.303 e. The van der Waals surface area contributed by atoms with Crippen LogP contribution in [0.5, 0.6) is 0 Å². The van der Waals surface area contributed by atoms with Gasteiger partial charge in [0.25, 0.3) is 0 Å². The molecule has 0 bridgehead atoms. The predicted octanol–water partition coefficient (Wildman–Crippen LogP) is 1.76. The van der Waals surface area contributed by atoms with Gasteiger partial charge in [-0.3, -0.25) is 4.79 Å². The lowest BCUT2D eigenvalue weighted by atomic mass is 10.2. The number of sulfone groups is 1. The van der Waals surface area contributed by atoms with E-state index >= 15 is 0 Å². The molecule has 6 nitrogen and oxygen atoms in total. The van der Waals surface area contributed by atoms with Gasteiger partial charge in [-0.15, -0.1) is 0 Å². The second-order valence-electron chi connectivity index (χ2n) is 4.71. The second kappa shape index (κ2) is 5.62. The monoisotopic (exact) mass is 296 g/mol. The van der Waals surface area contributed by atoms with Gasteiger partial charge >= 0.3 is 5.97 Å². The highest BCUT2D eigenvalue weighted by atomic mass is 32.2. The molecule has 20 heavy (non-hydrogen) atoms. The summed E-state index contributed by atoms with van der Waals surface area (Å²) in [4.78, 5) is 18.0. The van der Waals surface area contributed by atoms with Gasteiger partial charge in [-0.2, -0.15) is 0 Å². The van der Waals surface area contributed by atoms with Crippen molar-refractivity contribution in [3.63, 3.8) is 0 Å². The summed E-state index contributed by atoms with van der Waals surface area (Å²) in [7, 11) is -3.31. The average Bonchev–Trinajstić information content (AvgIpc) is 2.75. The summed E-state index contributed by atoms with van der Waals surface area (Å²) in [6.07, 6.45) is 3.16. The van der Waals surface area contributed by atoms with E-state index in [1.807, 2.05) is 0 Å². The first-order valence-electron chi connectivity index (χ1n) is 6.27. The predicted molar refractivity (Wildman–Crippen MR) is 74.4 cm³/mol. The number of aliphatic carboxylic acids is 1. The highest BCUT2D eigenvalue weighted by Gasteiger charge is 2.14. The van der Waals surface area contributed by atoms with Crippen LogP contribution in [0.25, 0.3) is 11.0 Å². The average molecular weight is 296 g/mol. The number of imidazole rings is 1. The number of carboxylic acids is 1. The Balaban J connectivity index is 2.19. The quantitative estimate of drug-likeness (QED) is 0.791. The number of carboxylic acid groups (broad SMARTS) is 1. The van der Waals surface area contributed by atoms with Crippen molar-refractivity contribution in [2.24, 2.45) is 0 Å². The molecule has 0 unspecified atom stereocenters. The Morgan fingerprint density at radius 1 is 1.35 bits per heavy atom. The van der Waals surface area contributed by atoms with E-state index in [1.165, 1.54) is 6.07 Å². The van der Waals surface area contributed by atoms with Crippen molar-refractivity contribution in [2.75, 3.05) is 6.26 Å². The van der Waals surface area contributed by atoms with Crippen molar-refractivity contribution in [3.05, 3.63) is 24.0 Å². The summed E-state index contributed by atoms with van der Waals surface area (Å²) in [5.74, 6) is -0.129. The molecule has 0 amide bonds. The van der Waals surface area contributed by atoms with Gasteiger partial charge in [0.05, 0.1) is 10.4 Å². The first-order chi connectivity index (χ1) is 9.38. The number of hydrogen-bond acceptors (Lipinski definition) is 4. The molecule has 2 N–H and O–H groups in total. The van der Waals surface area contributed by atoms with Crippen LogP contribution in [0.4, 0.5) is 0 Å². The molecular weight excluding hydrogens is 280 g/mol. The molecule has 1 aromatic heterocycles. The van der Waals surface area contributed by atoms with Crippen LogP contribution in [-0.2, 0) is 21.1 Å². The molecule has 0 saturated heterocycles. The number of benzene rings is 1. The molecule has 0 spiro atoms. The Morgan fingerprint density at radius 3 is 2.75 bits per heavy atom. The van der Waals surface area contributed by atoms with Crippen molar-refractivity contribution < 1.29 is 18.3 Å². The van der Waals surface area contributed by atoms with E-state index in [4.69, 9.17) is 5.11 Å². The standard InChI is InChI=1S/C13H16N2O4S/c1-20(18,19)10-6-4-5-9-13(10)15-11(14-9)7-2-3-8-12(16)17/h4-6H,2-3,7-8H2,1H3,(H,14,15)(H,16,17). The van der Waals surface area contributed by atoms with Crippen molar-refractivity contribution >= 4 is 26.8 Å². The Bertz CT molecular complexity index is 734. The molecule has 0 aliphatic rings. The molecule has 0 atom stereocenters. The van der Waals surface area contributed by atoms with Crippen LogP contribution in [-0.4, -0.2) is 35.7 Å². The highest BCUT2D eigenvalue weighted by Crippen LogP contribution is 2.21. The maximum atomic E-state index is 11.7. The number of aryl methyl sites for hydroxylation is 1. The molecule has 0 fully saturated rings. The van der Waals surface area contributed by atoms with E-state index in [9.17, 15) is 13.2 Å². The summed E-state index contributed by atoms with van der Waals surface area (Å²) in [6.45, 7) is 0. The summed E-state index contributed by atoms with van der Waals surface area (Å²) < 4.78 is 23.3. The van der Waals surface area contributed by atoms with Crippen molar-refractivity contribution in [1.29, 1.82) is 0 Å². The number of carbonyl (C=O) groups is 1. The van der Waals surface area contributed by atoms with Gasteiger partial charge in [-0.1, -0.05) is 6.07 Å². The molecule has 0 saturated carbocycles. The summed E-state index contributed by atoms with van der Waals surface area (Å²) in [5.41, 5.74) is 1.13. The molecule has 108 valence electrons. The van der Waals surface area contributed by atoms with E-state index in [1.54, 1.807) is 12.1 Å². The smallest absolute Gasteiger partial charge is 0.303 e. The molecule has 1 heterocycles. The first kappa shape index (κ1) is 14.5. The van der Waals surface area contributed by atoms with Crippen LogP contribution in [0.2, 0.25) is 0 Å². The number of unbranched alkanes of at least 4 members (excludes halogenated alkanes) is 1. The van der Waals surface area contributed by atoms with Crippen LogP contribution in [0, 0.1) is 0 Å². The van der Waals surface area contributed by atoms with E-state index in [2.05, 4.69) is 9.97 Å². The highest BCUT2D eigenvalue weighted by molar-refractivity contribution is 7.91. The third-order valence-electron chi connectivity index (χ3n) is 2.98. The molecule has 2 aromatic rings. The number of aromatic amines is 1. The molecule has 1 aromatic carbocycles. The van der Waals surface area contributed by atoms with E-state index in [0.29, 0.717) is 36.1 Å². The lowest BCUT2D eigenvalue weighted by molar-refractivity contribution is -0.137. The number of fused-ring (bicyclic) bond motifs is 1. The fourth-order valence-electron chi connectivity index (χ4n) is 2.04. The van der Waals surface area contributed by atoms with Crippen molar-refractivity contribution in [3.8, 4) is 0 Å². The number of nitrogens with one attached hydrogen (secondary N) is 1. The van der Waals surface area contributed by atoms with Crippen LogP contribution >= 0.6 is 0 Å². The van der Waals surface area contributed by atoms with Crippen molar-refractivity contribution in [2.45, 2.75) is 30.6 Å². The largest absolute Gasteiger partial charge is 0.481 e. The number of aromatic nitrogens is 2. The Hall–Kier alpha value is -1.89. The van der Waals surface area contributed by atoms with Gasteiger partial charge in [0.15, 0.2) is 9.84 Å². The van der Waals surface area contributed by atoms with Gasteiger partial charge in [-0.05, 0) is 25.0 Å². The lowest BCUT2D eigenvalue weighted by Gasteiger charge is -1.97. The van der Waals surface area contributed by atoms with Crippen molar-refractivity contribution in [1.82, 2.24) is 9.97 Å². The SMILES string of the molecule is CS(=O)(=O)c1cccc2[nH]c(CCCCC(=O)O)nc12. The minimum absolute atomic E-state index is 0.134. The minimum Gasteiger partial charge on any atom is -0.481 e. The zero-order chi connectivity index (χ0) is 14.8. The van der Waals surface area contributed by atoms with Crippen LogP contribution < -0.4 is 0 Å². The second-order valence-corrected chi connectivity index (χ2v) is 6.69. The number of para-hydroxylation sites is 1. The zero-order valence-corrected chi connectivity index (χ0v) is 11.9. The molecular formula is C13H16N2O4S. The first-order valence-corrected chi connectivity index (χ1v) is 8.16. The summed E-state index contributed by atoms with van der Waals surface area (Å²) in [5, 5.41) is 8.56. The fourth-order valence-corrected chi connectivity index (χ4v) is 2.88. The lowest BCUT2D eigenvalue weighted by Crippen LogP contribution is -1.98. The molecule has 0 radical (unpaired) electrons. The van der Waals surface area contributed by atoms with Gasteiger partial charge in [0.2, 0.25) is 0 Å². The number of H-pyrrole nitrogens is 1. The Morgan fingerprint density at radius 2 is 2.10 bits per heavy atom. The van der Waals surface area contributed by atoms with E-state index in [0.717, 1.165) is 6.26 Å². The maximum absolute atomic E-state index is 11.7. The number of nitrogens with zero attached hydrogens (tertiary/aromatic N) is 1. The summed E-state index contributed by atoms with van der Waals surface area (Å²) >= 11 is 0. The summed E-state index contributed by atoms with van der Waals surface area (Å²) in [6, 6.07) is 4.98. The number of hydrogen-bond donors (Lipinski definition) is 2. The van der Waals surface area contributed by atoms with Gasteiger partial charge in [0, 0.05) is 19.1 Å². The number of rotatable bonds is 6. The molecule has 0 aliphatic carbocycles. The Labute approximate surface area is 116 Å². The van der Waals surface area contributed by atoms with Gasteiger partial charge in [-0.25, -0.2) is 13.4 Å². The topological polar surface area (TPSA) is 100 Å². The minimum atomic E-state index is -3.31. The van der Waals surface area contributed by atoms with Crippen LogP contribution in [0.3, 0.4) is 0 Å². The Kier molecular flexibility index (Phi) is 4.08. The molecule has 0 aliphatic heterocycles. The van der Waals surface area contributed by atoms with Gasteiger partial charge < -0.3 is 10.1 Å². The molecule has 2 rings (SSSR count). The zero-order valence-electron chi connectivity index (χ0n) is 11.1. The van der Waals surface area contributed by atoms with E-state index in [-0.39, 0.29) is 11.3 Å².